The van der Waals surface area contributed by atoms with E-state index in [0.717, 1.165) is 23.5 Å². The molecular weight excluding hydrogens is 346 g/mol. The maximum Gasteiger partial charge on any atom is 0.325 e. The zero-order chi connectivity index (χ0) is 20.3. The molecule has 2 N–H and O–H groups in total. The lowest BCUT2D eigenvalue weighted by Crippen LogP contribution is -2.42. The van der Waals surface area contributed by atoms with Gasteiger partial charge < -0.3 is 24.8 Å². The van der Waals surface area contributed by atoms with E-state index in [9.17, 15) is 4.79 Å². The molecule has 7 heteroatoms. The van der Waals surface area contributed by atoms with Gasteiger partial charge in [0.25, 0.3) is 0 Å². The molecule has 152 valence electrons. The maximum atomic E-state index is 11.8. The van der Waals surface area contributed by atoms with Crippen molar-refractivity contribution in [3.05, 3.63) is 23.8 Å². The topological polar surface area (TPSA) is 81.2 Å². The van der Waals surface area contributed by atoms with Crippen molar-refractivity contribution in [2.45, 2.75) is 46.6 Å². The van der Waals surface area contributed by atoms with Crippen LogP contribution in [0.4, 0.5) is 0 Å². The minimum absolute atomic E-state index is 0.0640. The summed E-state index contributed by atoms with van der Waals surface area (Å²) in [5.74, 6) is 1.74. The number of nitrogens with zero attached hydrogens (tertiary/aromatic N) is 1. The monoisotopic (exact) mass is 379 g/mol. The van der Waals surface area contributed by atoms with Crippen LogP contribution in [0, 0.1) is 0 Å². The van der Waals surface area contributed by atoms with Crippen LogP contribution in [0.5, 0.6) is 11.5 Å². The van der Waals surface area contributed by atoms with E-state index in [-0.39, 0.29) is 12.5 Å². The minimum atomic E-state index is -0.498. The second kappa shape index (κ2) is 11.3. The second-order valence-electron chi connectivity index (χ2n) is 6.84. The molecule has 0 radical (unpaired) electrons. The van der Waals surface area contributed by atoms with Crippen molar-refractivity contribution in [3.8, 4) is 11.5 Å². The van der Waals surface area contributed by atoms with Gasteiger partial charge in [0.2, 0.25) is 0 Å². The Bertz CT molecular complexity index is 624. The number of benzene rings is 1. The van der Waals surface area contributed by atoms with Gasteiger partial charge in [0.05, 0.1) is 13.2 Å². The van der Waals surface area contributed by atoms with Gasteiger partial charge in [-0.05, 0) is 58.7 Å². The van der Waals surface area contributed by atoms with E-state index in [1.165, 1.54) is 0 Å². The summed E-state index contributed by atoms with van der Waals surface area (Å²) >= 11 is 0. The van der Waals surface area contributed by atoms with Crippen LogP contribution < -0.4 is 20.1 Å². The summed E-state index contributed by atoms with van der Waals surface area (Å²) in [4.78, 5) is 15.9. The normalized spacial score (nSPS) is 11.7. The van der Waals surface area contributed by atoms with E-state index in [4.69, 9.17) is 14.2 Å². The zero-order valence-electron chi connectivity index (χ0n) is 17.3. The molecule has 0 fully saturated rings. The molecule has 27 heavy (non-hydrogen) atoms. The van der Waals surface area contributed by atoms with Crippen LogP contribution in [0.15, 0.2) is 23.2 Å². The molecule has 1 aromatic carbocycles. The van der Waals surface area contributed by atoms with Crippen LogP contribution in [0.1, 0.15) is 40.2 Å². The standard InChI is InChI=1S/C20H33N3O4/c1-7-25-16-10-9-15(13-17(16)26-8-2)11-12-22-19(21-6)23-14-18(24)27-20(3,4)5/h9-10,13H,7-8,11-12,14H2,1-6H3,(H2,21,22,23). The van der Waals surface area contributed by atoms with Crippen molar-refractivity contribution in [2.24, 2.45) is 4.99 Å². The van der Waals surface area contributed by atoms with E-state index in [2.05, 4.69) is 15.6 Å². The number of ether oxygens (including phenoxy) is 3. The molecule has 0 atom stereocenters. The highest BCUT2D eigenvalue weighted by atomic mass is 16.6. The van der Waals surface area contributed by atoms with Crippen LogP contribution in [0.2, 0.25) is 0 Å². The quantitative estimate of drug-likeness (QED) is 0.390. The van der Waals surface area contributed by atoms with Gasteiger partial charge in [-0.15, -0.1) is 0 Å². The Morgan fingerprint density at radius 3 is 2.33 bits per heavy atom. The Labute approximate surface area is 162 Å². The summed E-state index contributed by atoms with van der Waals surface area (Å²) in [6.45, 7) is 11.3. The summed E-state index contributed by atoms with van der Waals surface area (Å²) in [5.41, 5.74) is 0.624. The van der Waals surface area contributed by atoms with E-state index in [1.54, 1.807) is 7.05 Å². The Balaban J connectivity index is 2.50. The lowest BCUT2D eigenvalue weighted by atomic mass is 10.1. The van der Waals surface area contributed by atoms with Crippen LogP contribution >= 0.6 is 0 Å². The molecule has 0 amide bonds. The van der Waals surface area contributed by atoms with E-state index >= 15 is 0 Å². The average Bonchev–Trinajstić information content (AvgIpc) is 2.59. The first-order chi connectivity index (χ1) is 12.8. The molecule has 0 unspecified atom stereocenters. The smallest absolute Gasteiger partial charge is 0.325 e. The number of carbonyl (C=O) groups excluding carboxylic acids is 1. The Morgan fingerprint density at radius 1 is 1.07 bits per heavy atom. The van der Waals surface area contributed by atoms with Crippen LogP contribution in [0.25, 0.3) is 0 Å². The average molecular weight is 380 g/mol. The Morgan fingerprint density at radius 2 is 1.74 bits per heavy atom. The fourth-order valence-corrected chi connectivity index (χ4v) is 2.33. The van der Waals surface area contributed by atoms with Crippen LogP contribution in [-0.2, 0) is 16.0 Å². The molecule has 0 heterocycles. The molecule has 0 aliphatic rings. The first kappa shape index (κ1) is 22.6. The van der Waals surface area contributed by atoms with Crippen molar-refractivity contribution in [3.63, 3.8) is 0 Å². The van der Waals surface area contributed by atoms with Gasteiger partial charge in [0.15, 0.2) is 17.5 Å². The molecule has 0 aliphatic carbocycles. The fraction of sp³-hybridized carbons (Fsp3) is 0.600. The van der Waals surface area contributed by atoms with Gasteiger partial charge in [0.1, 0.15) is 12.1 Å². The Hall–Kier alpha value is -2.44. The van der Waals surface area contributed by atoms with Gasteiger partial charge in [-0.2, -0.15) is 0 Å². The van der Waals surface area contributed by atoms with Crippen molar-refractivity contribution in [1.82, 2.24) is 10.6 Å². The van der Waals surface area contributed by atoms with Gasteiger partial charge >= 0.3 is 5.97 Å². The lowest BCUT2D eigenvalue weighted by Gasteiger charge is -2.20. The van der Waals surface area contributed by atoms with Gasteiger partial charge in [-0.1, -0.05) is 6.07 Å². The molecule has 1 rings (SSSR count). The number of esters is 1. The number of rotatable bonds is 9. The highest BCUT2D eigenvalue weighted by Crippen LogP contribution is 2.28. The van der Waals surface area contributed by atoms with E-state index < -0.39 is 5.60 Å². The SMILES string of the molecule is CCOc1ccc(CCNC(=NC)NCC(=O)OC(C)(C)C)cc1OCC. The number of hydrogen-bond acceptors (Lipinski definition) is 5. The third kappa shape index (κ3) is 9.17. The molecule has 0 saturated heterocycles. The van der Waals surface area contributed by atoms with Crippen molar-refractivity contribution >= 4 is 11.9 Å². The van der Waals surface area contributed by atoms with Gasteiger partial charge in [-0.3, -0.25) is 9.79 Å². The summed E-state index contributed by atoms with van der Waals surface area (Å²) < 4.78 is 16.5. The van der Waals surface area contributed by atoms with Crippen LogP contribution in [-0.4, -0.2) is 50.9 Å². The van der Waals surface area contributed by atoms with Crippen molar-refractivity contribution < 1.29 is 19.0 Å². The maximum absolute atomic E-state index is 11.8. The number of nitrogens with one attached hydrogen (secondary N) is 2. The van der Waals surface area contributed by atoms with Crippen molar-refractivity contribution in [1.29, 1.82) is 0 Å². The predicted molar refractivity (Wildman–Crippen MR) is 108 cm³/mol. The highest BCUT2D eigenvalue weighted by molar-refractivity contribution is 5.84. The van der Waals surface area contributed by atoms with Gasteiger partial charge in [0, 0.05) is 13.6 Å². The summed E-state index contributed by atoms with van der Waals surface area (Å²) in [6.07, 6.45) is 0.777. The molecule has 0 saturated carbocycles. The van der Waals surface area contributed by atoms with E-state index in [1.807, 2.05) is 52.8 Å². The molecule has 0 spiro atoms. The van der Waals surface area contributed by atoms with Gasteiger partial charge in [-0.25, -0.2) is 0 Å². The lowest BCUT2D eigenvalue weighted by molar-refractivity contribution is -0.153. The van der Waals surface area contributed by atoms with E-state index in [0.29, 0.717) is 25.7 Å². The zero-order valence-corrected chi connectivity index (χ0v) is 17.3. The molecule has 0 aliphatic heterocycles. The fourth-order valence-electron chi connectivity index (χ4n) is 2.33. The first-order valence-electron chi connectivity index (χ1n) is 9.34. The number of hydrogen-bond donors (Lipinski definition) is 2. The summed E-state index contributed by atoms with van der Waals surface area (Å²) in [6, 6.07) is 5.94. The minimum Gasteiger partial charge on any atom is -0.490 e. The number of carbonyl (C=O) groups is 1. The number of aliphatic imine (C=N–C) groups is 1. The first-order valence-corrected chi connectivity index (χ1v) is 9.34. The summed E-state index contributed by atoms with van der Waals surface area (Å²) in [7, 11) is 1.66. The molecule has 7 nitrogen and oxygen atoms in total. The van der Waals surface area contributed by atoms with Crippen LogP contribution in [0.3, 0.4) is 0 Å². The third-order valence-corrected chi connectivity index (χ3v) is 3.36. The Kier molecular flexibility index (Phi) is 9.47. The second-order valence-corrected chi connectivity index (χ2v) is 6.84. The summed E-state index contributed by atoms with van der Waals surface area (Å²) in [5, 5.41) is 6.14. The predicted octanol–water partition coefficient (Wildman–Crippen LogP) is 2.53. The molecular formula is C20H33N3O4. The molecule has 0 bridgehead atoms. The molecule has 1 aromatic rings. The van der Waals surface area contributed by atoms with Crippen molar-refractivity contribution in [2.75, 3.05) is 33.4 Å². The third-order valence-electron chi connectivity index (χ3n) is 3.36. The highest BCUT2D eigenvalue weighted by Gasteiger charge is 2.16. The number of guanidine groups is 1. The molecule has 0 aromatic heterocycles. The largest absolute Gasteiger partial charge is 0.490 e.